The highest BCUT2D eigenvalue weighted by molar-refractivity contribution is 8.26. The fraction of sp³-hybridized carbons (Fsp3) is 0.150. The first kappa shape index (κ1) is 21.1. The van der Waals surface area contributed by atoms with E-state index in [1.54, 1.807) is 50.0 Å². The standard InChI is InChI=1S/C20H18N2O4S3/c1-4-6-13-9-12(10-14(25-2)17(13)26-3)11-16-19(24)22(20(27)29-16)21-18(23)15-7-5-8-28-15/h4-5,7-11H,1,6H2,2-3H3,(H,21,23)/b16-11-. The third-order valence-corrected chi connectivity index (χ3v) is 6.16. The second-order valence-corrected chi connectivity index (χ2v) is 8.47. The second kappa shape index (κ2) is 9.25. The molecule has 0 spiro atoms. The Morgan fingerprint density at radius 2 is 2.14 bits per heavy atom. The molecule has 2 amide bonds. The molecule has 0 radical (unpaired) electrons. The van der Waals surface area contributed by atoms with Gasteiger partial charge < -0.3 is 9.47 Å². The van der Waals surface area contributed by atoms with E-state index < -0.39 is 0 Å². The number of carbonyl (C=O) groups excluding carboxylic acids is 2. The van der Waals surface area contributed by atoms with E-state index in [0.717, 1.165) is 27.9 Å². The molecule has 150 valence electrons. The molecule has 0 saturated carbocycles. The molecule has 1 aliphatic heterocycles. The molecule has 29 heavy (non-hydrogen) atoms. The molecule has 9 heteroatoms. The van der Waals surface area contributed by atoms with E-state index in [-0.39, 0.29) is 16.1 Å². The average molecular weight is 447 g/mol. The van der Waals surface area contributed by atoms with Crippen LogP contribution in [0.2, 0.25) is 0 Å². The van der Waals surface area contributed by atoms with Gasteiger partial charge in [0.1, 0.15) is 0 Å². The van der Waals surface area contributed by atoms with E-state index in [0.29, 0.717) is 27.7 Å². The molecule has 3 rings (SSSR count). The van der Waals surface area contributed by atoms with Gasteiger partial charge in [-0.2, -0.15) is 5.01 Å². The van der Waals surface area contributed by atoms with Gasteiger partial charge in [-0.3, -0.25) is 15.0 Å². The largest absolute Gasteiger partial charge is 0.493 e. The molecule has 0 aliphatic carbocycles. The number of nitrogens with one attached hydrogen (secondary N) is 1. The van der Waals surface area contributed by atoms with Gasteiger partial charge in [0.25, 0.3) is 11.8 Å². The fourth-order valence-electron chi connectivity index (χ4n) is 2.74. The van der Waals surface area contributed by atoms with Gasteiger partial charge in [0.05, 0.1) is 24.0 Å². The van der Waals surface area contributed by atoms with Crippen molar-refractivity contribution in [2.45, 2.75) is 6.42 Å². The summed E-state index contributed by atoms with van der Waals surface area (Å²) in [6.45, 7) is 3.77. The van der Waals surface area contributed by atoms with E-state index >= 15 is 0 Å². The van der Waals surface area contributed by atoms with Crippen LogP contribution in [-0.2, 0) is 11.2 Å². The number of hydrazine groups is 1. The Labute approximate surface area is 182 Å². The van der Waals surface area contributed by atoms with Gasteiger partial charge in [0.15, 0.2) is 15.8 Å². The molecule has 1 fully saturated rings. The minimum Gasteiger partial charge on any atom is -0.493 e. The lowest BCUT2D eigenvalue weighted by molar-refractivity contribution is -0.123. The Balaban J connectivity index is 1.88. The van der Waals surface area contributed by atoms with Crippen molar-refractivity contribution in [2.24, 2.45) is 0 Å². The molecular formula is C20H18N2O4S3. The van der Waals surface area contributed by atoms with Gasteiger partial charge in [0.2, 0.25) is 0 Å². The van der Waals surface area contributed by atoms with Crippen LogP contribution in [0.3, 0.4) is 0 Å². The van der Waals surface area contributed by atoms with Gasteiger partial charge >= 0.3 is 0 Å². The molecule has 0 bridgehead atoms. The smallest absolute Gasteiger partial charge is 0.285 e. The van der Waals surface area contributed by atoms with Crippen molar-refractivity contribution in [3.8, 4) is 11.5 Å². The first-order valence-electron chi connectivity index (χ1n) is 8.46. The summed E-state index contributed by atoms with van der Waals surface area (Å²) in [4.78, 5) is 25.9. The molecule has 1 aliphatic rings. The number of amides is 2. The average Bonchev–Trinajstić information content (AvgIpc) is 3.33. The molecule has 6 nitrogen and oxygen atoms in total. The number of allylic oxidation sites excluding steroid dienone is 1. The molecule has 1 aromatic heterocycles. The molecule has 1 aromatic carbocycles. The number of nitrogens with zero attached hydrogens (tertiary/aromatic N) is 1. The van der Waals surface area contributed by atoms with Gasteiger partial charge in [0, 0.05) is 5.56 Å². The first-order chi connectivity index (χ1) is 14.0. The summed E-state index contributed by atoms with van der Waals surface area (Å²) in [6.07, 6.45) is 4.06. The van der Waals surface area contributed by atoms with Crippen molar-refractivity contribution in [3.05, 3.63) is 63.2 Å². The summed E-state index contributed by atoms with van der Waals surface area (Å²) in [5, 5.41) is 2.89. The third-order valence-electron chi connectivity index (χ3n) is 3.99. The molecule has 2 aromatic rings. The van der Waals surface area contributed by atoms with Gasteiger partial charge in [-0.05, 0) is 53.9 Å². The molecule has 0 atom stereocenters. The zero-order valence-corrected chi connectivity index (χ0v) is 18.2. The van der Waals surface area contributed by atoms with E-state index in [4.69, 9.17) is 21.7 Å². The molecule has 1 N–H and O–H groups in total. The maximum Gasteiger partial charge on any atom is 0.285 e. The van der Waals surface area contributed by atoms with Gasteiger partial charge in [-0.15, -0.1) is 17.9 Å². The number of hydrogen-bond donors (Lipinski definition) is 1. The summed E-state index contributed by atoms with van der Waals surface area (Å²) >= 11 is 7.68. The summed E-state index contributed by atoms with van der Waals surface area (Å²) in [6, 6.07) is 7.13. The number of thioether (sulfide) groups is 1. The van der Waals surface area contributed by atoms with Crippen molar-refractivity contribution in [3.63, 3.8) is 0 Å². The summed E-state index contributed by atoms with van der Waals surface area (Å²) in [7, 11) is 3.13. The van der Waals surface area contributed by atoms with E-state index in [1.165, 1.54) is 11.3 Å². The zero-order valence-electron chi connectivity index (χ0n) is 15.8. The van der Waals surface area contributed by atoms with Crippen molar-refractivity contribution < 1.29 is 19.1 Å². The number of methoxy groups -OCH3 is 2. The number of ether oxygens (including phenoxy) is 2. The highest BCUT2D eigenvalue weighted by Gasteiger charge is 2.34. The van der Waals surface area contributed by atoms with Crippen molar-refractivity contribution in [1.82, 2.24) is 10.4 Å². The zero-order chi connectivity index (χ0) is 21.0. The first-order valence-corrected chi connectivity index (χ1v) is 10.6. The minimum atomic E-state index is -0.384. The van der Waals surface area contributed by atoms with Crippen molar-refractivity contribution in [1.29, 1.82) is 0 Å². The Morgan fingerprint density at radius 1 is 1.34 bits per heavy atom. The number of rotatable bonds is 7. The van der Waals surface area contributed by atoms with Crippen LogP contribution in [0.15, 0.2) is 47.2 Å². The topological polar surface area (TPSA) is 67.9 Å². The lowest BCUT2D eigenvalue weighted by atomic mass is 10.0. The number of thiophene rings is 1. The van der Waals surface area contributed by atoms with Crippen LogP contribution in [0.4, 0.5) is 0 Å². The molecule has 0 unspecified atom stereocenters. The number of hydrogen-bond acceptors (Lipinski definition) is 7. The predicted octanol–water partition coefficient (Wildman–Crippen LogP) is 4.04. The van der Waals surface area contributed by atoms with Crippen LogP contribution in [0.25, 0.3) is 6.08 Å². The van der Waals surface area contributed by atoms with Crippen LogP contribution < -0.4 is 14.9 Å². The van der Waals surface area contributed by atoms with E-state index in [9.17, 15) is 9.59 Å². The van der Waals surface area contributed by atoms with Gasteiger partial charge in [-0.25, -0.2) is 0 Å². The monoisotopic (exact) mass is 446 g/mol. The summed E-state index contributed by atoms with van der Waals surface area (Å²) in [5.41, 5.74) is 4.20. The van der Waals surface area contributed by atoms with E-state index in [1.807, 2.05) is 6.07 Å². The van der Waals surface area contributed by atoms with Gasteiger partial charge in [-0.1, -0.05) is 23.9 Å². The summed E-state index contributed by atoms with van der Waals surface area (Å²) < 4.78 is 11.1. The molecule has 2 heterocycles. The van der Waals surface area contributed by atoms with E-state index in [2.05, 4.69) is 12.0 Å². The van der Waals surface area contributed by atoms with Crippen LogP contribution in [0, 0.1) is 0 Å². The van der Waals surface area contributed by atoms with Crippen LogP contribution in [0.1, 0.15) is 20.8 Å². The molecule has 1 saturated heterocycles. The quantitative estimate of drug-likeness (QED) is 0.393. The SMILES string of the molecule is C=CCc1cc(/C=C2\SC(=S)N(NC(=O)c3cccs3)C2=O)cc(OC)c1OC. The maximum absolute atomic E-state index is 12.8. The number of benzene rings is 1. The second-order valence-electron chi connectivity index (χ2n) is 5.84. The Bertz CT molecular complexity index is 999. The Hall–Kier alpha value is -2.62. The minimum absolute atomic E-state index is 0.262. The lowest BCUT2D eigenvalue weighted by Gasteiger charge is -2.15. The number of thiocarbonyl (C=S) groups is 1. The Morgan fingerprint density at radius 3 is 2.76 bits per heavy atom. The maximum atomic E-state index is 12.8. The van der Waals surface area contributed by atoms with Crippen molar-refractivity contribution in [2.75, 3.05) is 14.2 Å². The number of carbonyl (C=O) groups is 2. The highest BCUT2D eigenvalue weighted by atomic mass is 32.2. The Kier molecular flexibility index (Phi) is 6.73. The lowest BCUT2D eigenvalue weighted by Crippen LogP contribution is -2.44. The van der Waals surface area contributed by atoms with Crippen molar-refractivity contribution >= 4 is 57.5 Å². The van der Waals surface area contributed by atoms with Crippen LogP contribution in [-0.4, -0.2) is 35.4 Å². The fourth-order valence-corrected chi connectivity index (χ4v) is 4.53. The van der Waals surface area contributed by atoms with Crippen LogP contribution in [0.5, 0.6) is 11.5 Å². The van der Waals surface area contributed by atoms with Crippen LogP contribution >= 0.6 is 35.3 Å². The normalized spacial score (nSPS) is 15.0. The summed E-state index contributed by atoms with van der Waals surface area (Å²) in [5.74, 6) is 0.418. The predicted molar refractivity (Wildman–Crippen MR) is 120 cm³/mol. The third kappa shape index (κ3) is 4.52. The highest BCUT2D eigenvalue weighted by Crippen LogP contribution is 2.36. The molecular weight excluding hydrogens is 428 g/mol.